The summed E-state index contributed by atoms with van der Waals surface area (Å²) in [4.78, 5) is 20.1. The second kappa shape index (κ2) is 5.44. The van der Waals surface area contributed by atoms with Crippen LogP contribution in [0.4, 0.5) is 5.82 Å². The van der Waals surface area contributed by atoms with Crippen molar-refractivity contribution in [2.24, 2.45) is 11.0 Å². The molecule has 8 heteroatoms. The third kappa shape index (κ3) is 2.67. The van der Waals surface area contributed by atoms with Gasteiger partial charge in [-0.3, -0.25) is 9.69 Å². The summed E-state index contributed by atoms with van der Waals surface area (Å²) in [5.41, 5.74) is 8.26. The lowest BCUT2D eigenvalue weighted by molar-refractivity contribution is -0.117. The quantitative estimate of drug-likeness (QED) is 0.486. The summed E-state index contributed by atoms with van der Waals surface area (Å²) in [5.74, 6) is 0.321. The van der Waals surface area contributed by atoms with Crippen molar-refractivity contribution in [3.05, 3.63) is 32.8 Å². The molecule has 1 aromatic rings. The number of rotatable bonds is 3. The van der Waals surface area contributed by atoms with Crippen LogP contribution in [0.25, 0.3) is 10.4 Å². The Bertz CT molecular complexity index is 529. The first-order valence-electron chi connectivity index (χ1n) is 5.24. The number of anilines is 1. The van der Waals surface area contributed by atoms with Crippen LogP contribution in [0.2, 0.25) is 10.0 Å². The number of pyridine rings is 1. The molecule has 1 atom stereocenters. The van der Waals surface area contributed by atoms with E-state index < -0.39 is 0 Å². The fourth-order valence-corrected chi connectivity index (χ4v) is 2.35. The summed E-state index contributed by atoms with van der Waals surface area (Å²) in [5, 5.41) is 4.23. The zero-order valence-electron chi connectivity index (χ0n) is 9.25. The molecule has 2 heterocycles. The van der Waals surface area contributed by atoms with E-state index >= 15 is 0 Å². The molecule has 0 bridgehead atoms. The van der Waals surface area contributed by atoms with Crippen molar-refractivity contribution in [2.45, 2.75) is 6.42 Å². The van der Waals surface area contributed by atoms with Gasteiger partial charge in [-0.2, -0.15) is 0 Å². The van der Waals surface area contributed by atoms with Crippen LogP contribution in [-0.4, -0.2) is 24.0 Å². The highest BCUT2D eigenvalue weighted by molar-refractivity contribution is 6.36. The third-order valence-corrected chi connectivity index (χ3v) is 3.14. The summed E-state index contributed by atoms with van der Waals surface area (Å²) in [6.07, 6.45) is 1.77. The topological polar surface area (TPSA) is 82.0 Å². The molecule has 1 aliphatic rings. The van der Waals surface area contributed by atoms with Crippen LogP contribution < -0.4 is 4.90 Å². The van der Waals surface area contributed by atoms with Gasteiger partial charge in [0, 0.05) is 30.6 Å². The first kappa shape index (κ1) is 13.0. The maximum atomic E-state index is 11.8. The second-order valence-corrected chi connectivity index (χ2v) is 4.79. The molecule has 0 aliphatic carbocycles. The predicted molar refractivity (Wildman–Crippen MR) is 68.7 cm³/mol. The molecule has 0 spiro atoms. The van der Waals surface area contributed by atoms with Gasteiger partial charge in [0.1, 0.15) is 0 Å². The molecule has 1 aliphatic heterocycles. The van der Waals surface area contributed by atoms with Crippen molar-refractivity contribution in [1.82, 2.24) is 4.98 Å². The Kier molecular flexibility index (Phi) is 3.91. The van der Waals surface area contributed by atoms with E-state index in [1.54, 1.807) is 6.07 Å². The van der Waals surface area contributed by atoms with E-state index in [2.05, 4.69) is 15.0 Å². The van der Waals surface area contributed by atoms with Gasteiger partial charge in [-0.05, 0) is 17.5 Å². The Labute approximate surface area is 113 Å². The van der Waals surface area contributed by atoms with E-state index in [0.717, 1.165) is 0 Å². The summed E-state index contributed by atoms with van der Waals surface area (Å²) < 4.78 is 0. The minimum Gasteiger partial charge on any atom is -0.295 e. The van der Waals surface area contributed by atoms with Crippen LogP contribution >= 0.6 is 23.2 Å². The number of nitrogens with zero attached hydrogens (tertiary/aromatic N) is 5. The number of aromatic nitrogens is 1. The number of carbonyl (C=O) groups is 1. The lowest BCUT2D eigenvalue weighted by Gasteiger charge is -2.16. The largest absolute Gasteiger partial charge is 0.295 e. The average Bonchev–Trinajstić information content (AvgIpc) is 2.68. The lowest BCUT2D eigenvalue weighted by Crippen LogP contribution is -2.26. The van der Waals surface area contributed by atoms with Gasteiger partial charge in [-0.15, -0.1) is 0 Å². The molecular weight excluding hydrogens is 277 g/mol. The minimum atomic E-state index is -0.0788. The number of carbonyl (C=O) groups excluding carboxylic acids is 1. The van der Waals surface area contributed by atoms with Crippen molar-refractivity contribution in [2.75, 3.05) is 18.0 Å². The van der Waals surface area contributed by atoms with Crippen molar-refractivity contribution >= 4 is 34.9 Å². The van der Waals surface area contributed by atoms with Crippen LogP contribution in [-0.2, 0) is 4.79 Å². The standard InChI is InChI=1S/C10H9Cl2N5O/c11-7-2-8(12)10(14-4-7)17-5-6(1-9(17)18)3-15-16-13/h2,4,6H,1,3,5H2. The zero-order chi connectivity index (χ0) is 13.1. The van der Waals surface area contributed by atoms with Gasteiger partial charge < -0.3 is 0 Å². The fraction of sp³-hybridized carbons (Fsp3) is 0.400. The molecule has 1 saturated heterocycles. The van der Waals surface area contributed by atoms with Crippen LogP contribution in [0, 0.1) is 5.92 Å². The number of azide groups is 1. The highest BCUT2D eigenvalue weighted by Gasteiger charge is 2.32. The Morgan fingerprint density at radius 3 is 3.06 bits per heavy atom. The van der Waals surface area contributed by atoms with E-state index in [4.69, 9.17) is 28.7 Å². The molecule has 18 heavy (non-hydrogen) atoms. The summed E-state index contributed by atoms with van der Waals surface area (Å²) >= 11 is 11.8. The monoisotopic (exact) mass is 285 g/mol. The maximum Gasteiger partial charge on any atom is 0.228 e. The average molecular weight is 286 g/mol. The first-order chi connectivity index (χ1) is 8.61. The Balaban J connectivity index is 2.18. The van der Waals surface area contributed by atoms with Gasteiger partial charge in [0.15, 0.2) is 5.82 Å². The van der Waals surface area contributed by atoms with Crippen LogP contribution in [0.1, 0.15) is 6.42 Å². The Morgan fingerprint density at radius 2 is 2.39 bits per heavy atom. The van der Waals surface area contributed by atoms with Gasteiger partial charge in [0.05, 0.1) is 10.0 Å². The van der Waals surface area contributed by atoms with Crippen molar-refractivity contribution in [3.8, 4) is 0 Å². The highest BCUT2D eigenvalue weighted by Crippen LogP contribution is 2.30. The lowest BCUT2D eigenvalue weighted by atomic mass is 10.1. The van der Waals surface area contributed by atoms with Gasteiger partial charge in [-0.25, -0.2) is 4.98 Å². The molecule has 1 fully saturated rings. The fourth-order valence-electron chi connectivity index (χ4n) is 1.87. The second-order valence-electron chi connectivity index (χ2n) is 3.95. The van der Waals surface area contributed by atoms with E-state index in [0.29, 0.717) is 35.4 Å². The van der Waals surface area contributed by atoms with Crippen LogP contribution in [0.5, 0.6) is 0 Å². The zero-order valence-corrected chi connectivity index (χ0v) is 10.8. The number of halogens is 2. The van der Waals surface area contributed by atoms with Crippen molar-refractivity contribution < 1.29 is 4.79 Å². The summed E-state index contributed by atoms with van der Waals surface area (Å²) in [6.45, 7) is 0.746. The maximum absolute atomic E-state index is 11.8. The number of amides is 1. The van der Waals surface area contributed by atoms with Gasteiger partial charge >= 0.3 is 0 Å². The smallest absolute Gasteiger partial charge is 0.228 e. The van der Waals surface area contributed by atoms with E-state index in [-0.39, 0.29) is 11.8 Å². The van der Waals surface area contributed by atoms with Gasteiger partial charge in [0.2, 0.25) is 5.91 Å². The van der Waals surface area contributed by atoms with E-state index in [1.165, 1.54) is 11.1 Å². The Hall–Kier alpha value is -1.49. The molecule has 2 rings (SSSR count). The van der Waals surface area contributed by atoms with Crippen LogP contribution in [0.15, 0.2) is 17.4 Å². The van der Waals surface area contributed by atoms with Gasteiger partial charge in [-0.1, -0.05) is 28.3 Å². The molecule has 1 amide bonds. The highest BCUT2D eigenvalue weighted by atomic mass is 35.5. The minimum absolute atomic E-state index is 0.00180. The van der Waals surface area contributed by atoms with E-state index in [1.807, 2.05) is 0 Å². The predicted octanol–water partition coefficient (Wildman–Crippen LogP) is 3.05. The Morgan fingerprint density at radius 1 is 1.61 bits per heavy atom. The molecule has 1 aromatic heterocycles. The van der Waals surface area contributed by atoms with Crippen molar-refractivity contribution in [1.29, 1.82) is 0 Å². The SMILES string of the molecule is [N-]=[N+]=NCC1CC(=O)N(c2ncc(Cl)cc2Cl)C1. The molecule has 0 saturated carbocycles. The molecule has 94 valence electrons. The van der Waals surface area contributed by atoms with Crippen molar-refractivity contribution in [3.63, 3.8) is 0 Å². The number of hydrogen-bond acceptors (Lipinski definition) is 3. The first-order valence-corrected chi connectivity index (χ1v) is 5.99. The molecular formula is C10H9Cl2N5O. The third-order valence-electron chi connectivity index (χ3n) is 2.65. The summed E-state index contributed by atoms with van der Waals surface area (Å²) in [6, 6.07) is 1.54. The van der Waals surface area contributed by atoms with Gasteiger partial charge in [0.25, 0.3) is 0 Å². The normalized spacial score (nSPS) is 18.9. The van der Waals surface area contributed by atoms with E-state index in [9.17, 15) is 4.79 Å². The molecule has 0 aromatic carbocycles. The van der Waals surface area contributed by atoms with Crippen LogP contribution in [0.3, 0.4) is 0 Å². The molecule has 0 N–H and O–H groups in total. The molecule has 6 nitrogen and oxygen atoms in total. The molecule has 0 radical (unpaired) electrons. The summed E-state index contributed by atoms with van der Waals surface area (Å²) in [7, 11) is 0. The number of hydrogen-bond donors (Lipinski definition) is 0. The molecule has 1 unspecified atom stereocenters.